The summed E-state index contributed by atoms with van der Waals surface area (Å²) in [6.07, 6.45) is 7.82. The minimum absolute atomic E-state index is 0.330. The van der Waals surface area contributed by atoms with Crippen molar-refractivity contribution in [1.29, 1.82) is 0 Å². The predicted octanol–water partition coefficient (Wildman–Crippen LogP) is 2.06. The van der Waals surface area contributed by atoms with E-state index in [9.17, 15) is 4.79 Å². The Morgan fingerprint density at radius 2 is 2.05 bits per heavy atom. The molecule has 0 amide bonds. The van der Waals surface area contributed by atoms with Crippen LogP contribution in [-0.2, 0) is 11.2 Å². The number of carbonyl (C=O) groups is 1. The van der Waals surface area contributed by atoms with E-state index in [1.165, 1.54) is 6.20 Å². The Morgan fingerprint density at radius 1 is 1.20 bits per heavy atom. The number of carbonyl (C=O) groups excluding carboxylic acids is 1. The van der Waals surface area contributed by atoms with Gasteiger partial charge in [0.1, 0.15) is 5.69 Å². The number of hydrogen-bond acceptors (Lipinski definition) is 6. The fraction of sp³-hybridized carbons (Fsp3) is 0.357. The van der Waals surface area contributed by atoms with Crippen LogP contribution in [0.3, 0.4) is 0 Å². The molecular weight excluding hydrogens is 256 g/mol. The maximum Gasteiger partial charge on any atom is 0.341 e. The number of esters is 1. The highest BCUT2D eigenvalue weighted by atomic mass is 16.5. The third-order valence-corrected chi connectivity index (χ3v) is 2.64. The summed E-state index contributed by atoms with van der Waals surface area (Å²) in [6.45, 7) is 4.13. The summed E-state index contributed by atoms with van der Waals surface area (Å²) in [5.41, 5.74) is 1.68. The Morgan fingerprint density at radius 3 is 2.70 bits per heavy atom. The Kier molecular flexibility index (Phi) is 4.70. The van der Waals surface area contributed by atoms with Gasteiger partial charge in [0.25, 0.3) is 0 Å². The van der Waals surface area contributed by atoms with Crippen LogP contribution in [0.4, 0.5) is 0 Å². The van der Waals surface area contributed by atoms with Gasteiger partial charge in [0.15, 0.2) is 5.82 Å². The summed E-state index contributed by atoms with van der Waals surface area (Å²) in [5.74, 6) is 0.0799. The zero-order chi connectivity index (χ0) is 14.4. The molecule has 0 aliphatic heterocycles. The van der Waals surface area contributed by atoms with Crippen LogP contribution < -0.4 is 0 Å². The number of aryl methyl sites for hydroxylation is 1. The third-order valence-electron chi connectivity index (χ3n) is 2.64. The zero-order valence-electron chi connectivity index (χ0n) is 11.5. The first-order valence-corrected chi connectivity index (χ1v) is 6.55. The van der Waals surface area contributed by atoms with Crippen molar-refractivity contribution in [3.63, 3.8) is 0 Å². The predicted molar refractivity (Wildman–Crippen MR) is 73.0 cm³/mol. The summed E-state index contributed by atoms with van der Waals surface area (Å²) in [4.78, 5) is 28.6. The van der Waals surface area contributed by atoms with E-state index in [0.29, 0.717) is 35.8 Å². The van der Waals surface area contributed by atoms with Gasteiger partial charge in [-0.25, -0.2) is 19.7 Å². The van der Waals surface area contributed by atoms with Crippen LogP contribution in [0.2, 0.25) is 0 Å². The lowest BCUT2D eigenvalue weighted by Gasteiger charge is -2.08. The average Bonchev–Trinajstić information content (AvgIpc) is 2.48. The molecule has 6 heteroatoms. The molecule has 104 valence electrons. The van der Waals surface area contributed by atoms with Crippen LogP contribution in [0.25, 0.3) is 11.5 Å². The van der Waals surface area contributed by atoms with Crippen molar-refractivity contribution in [3.8, 4) is 11.5 Å². The van der Waals surface area contributed by atoms with E-state index < -0.39 is 0 Å². The molecule has 0 radical (unpaired) electrons. The van der Waals surface area contributed by atoms with Crippen molar-refractivity contribution in [2.75, 3.05) is 6.61 Å². The number of rotatable bonds is 5. The standard InChI is InChI=1S/C14H16N4O2/c1-3-5-11-10(14(19)20-4-2)8-17-13(18-11)12-9-15-6-7-16-12/h6-9H,3-5H2,1-2H3. The van der Waals surface area contributed by atoms with E-state index in [1.54, 1.807) is 25.5 Å². The minimum Gasteiger partial charge on any atom is -0.462 e. The Hall–Kier alpha value is -2.37. The monoisotopic (exact) mass is 272 g/mol. The van der Waals surface area contributed by atoms with Crippen molar-refractivity contribution in [3.05, 3.63) is 36.0 Å². The van der Waals surface area contributed by atoms with Gasteiger partial charge in [-0.1, -0.05) is 13.3 Å². The summed E-state index contributed by atoms with van der Waals surface area (Å²) in [7, 11) is 0. The van der Waals surface area contributed by atoms with E-state index >= 15 is 0 Å². The molecule has 0 aliphatic carbocycles. The first-order valence-electron chi connectivity index (χ1n) is 6.55. The molecular formula is C14H16N4O2. The lowest BCUT2D eigenvalue weighted by atomic mass is 10.1. The quantitative estimate of drug-likeness (QED) is 0.775. The second-order valence-corrected chi connectivity index (χ2v) is 4.12. The topological polar surface area (TPSA) is 77.9 Å². The Labute approximate surface area is 117 Å². The summed E-state index contributed by atoms with van der Waals surface area (Å²) >= 11 is 0. The van der Waals surface area contributed by atoms with Crippen molar-refractivity contribution >= 4 is 5.97 Å². The molecule has 2 aromatic heterocycles. The maximum absolute atomic E-state index is 11.9. The van der Waals surface area contributed by atoms with Crippen molar-refractivity contribution < 1.29 is 9.53 Å². The molecule has 0 saturated heterocycles. The zero-order valence-corrected chi connectivity index (χ0v) is 11.5. The maximum atomic E-state index is 11.9. The lowest BCUT2D eigenvalue weighted by molar-refractivity contribution is 0.0524. The highest BCUT2D eigenvalue weighted by molar-refractivity contribution is 5.90. The van der Waals surface area contributed by atoms with Gasteiger partial charge in [0, 0.05) is 18.6 Å². The first-order chi connectivity index (χ1) is 9.76. The van der Waals surface area contributed by atoms with Crippen molar-refractivity contribution in [2.24, 2.45) is 0 Å². The summed E-state index contributed by atoms with van der Waals surface area (Å²) < 4.78 is 5.01. The van der Waals surface area contributed by atoms with E-state index in [1.807, 2.05) is 6.92 Å². The highest BCUT2D eigenvalue weighted by Gasteiger charge is 2.16. The van der Waals surface area contributed by atoms with Gasteiger partial charge < -0.3 is 4.74 Å². The van der Waals surface area contributed by atoms with Crippen LogP contribution in [0.15, 0.2) is 24.8 Å². The van der Waals surface area contributed by atoms with E-state index in [4.69, 9.17) is 4.74 Å². The fourth-order valence-corrected chi connectivity index (χ4v) is 1.76. The molecule has 0 unspecified atom stereocenters. The molecule has 0 spiro atoms. The van der Waals surface area contributed by atoms with Crippen molar-refractivity contribution in [1.82, 2.24) is 19.9 Å². The second kappa shape index (κ2) is 6.70. The van der Waals surface area contributed by atoms with E-state index in [2.05, 4.69) is 19.9 Å². The second-order valence-electron chi connectivity index (χ2n) is 4.12. The number of ether oxygens (including phenoxy) is 1. The fourth-order valence-electron chi connectivity index (χ4n) is 1.76. The SMILES string of the molecule is CCCc1nc(-c2cnccn2)ncc1C(=O)OCC. The van der Waals surface area contributed by atoms with Crippen LogP contribution in [0.1, 0.15) is 36.3 Å². The Balaban J connectivity index is 2.39. The van der Waals surface area contributed by atoms with E-state index in [-0.39, 0.29) is 5.97 Å². The molecule has 2 aromatic rings. The molecule has 0 fully saturated rings. The van der Waals surface area contributed by atoms with E-state index in [0.717, 1.165) is 6.42 Å². The minimum atomic E-state index is -0.387. The highest BCUT2D eigenvalue weighted by Crippen LogP contribution is 2.15. The smallest absolute Gasteiger partial charge is 0.341 e. The van der Waals surface area contributed by atoms with Crippen LogP contribution in [-0.4, -0.2) is 32.5 Å². The Bertz CT molecular complexity index is 587. The molecule has 0 N–H and O–H groups in total. The van der Waals surface area contributed by atoms with Gasteiger partial charge in [0.05, 0.1) is 24.1 Å². The molecule has 6 nitrogen and oxygen atoms in total. The molecule has 2 heterocycles. The molecule has 0 aliphatic rings. The largest absolute Gasteiger partial charge is 0.462 e. The summed E-state index contributed by atoms with van der Waals surface area (Å²) in [6, 6.07) is 0. The van der Waals surface area contributed by atoms with Crippen LogP contribution >= 0.6 is 0 Å². The molecule has 0 atom stereocenters. The molecule has 0 saturated carbocycles. The first kappa shape index (κ1) is 14.0. The normalized spacial score (nSPS) is 10.3. The van der Waals surface area contributed by atoms with Gasteiger partial charge >= 0.3 is 5.97 Å². The lowest BCUT2D eigenvalue weighted by Crippen LogP contribution is -2.11. The van der Waals surface area contributed by atoms with Gasteiger partial charge in [0.2, 0.25) is 0 Å². The molecule has 0 bridgehead atoms. The number of aromatic nitrogens is 4. The molecule has 20 heavy (non-hydrogen) atoms. The van der Waals surface area contributed by atoms with Gasteiger partial charge in [-0.15, -0.1) is 0 Å². The van der Waals surface area contributed by atoms with Crippen LogP contribution in [0.5, 0.6) is 0 Å². The molecule has 0 aromatic carbocycles. The number of hydrogen-bond donors (Lipinski definition) is 0. The van der Waals surface area contributed by atoms with Crippen LogP contribution in [0, 0.1) is 0 Å². The van der Waals surface area contributed by atoms with Gasteiger partial charge in [-0.3, -0.25) is 4.98 Å². The summed E-state index contributed by atoms with van der Waals surface area (Å²) in [5, 5.41) is 0. The molecule has 2 rings (SSSR count). The third kappa shape index (κ3) is 3.14. The van der Waals surface area contributed by atoms with Crippen molar-refractivity contribution in [2.45, 2.75) is 26.7 Å². The average molecular weight is 272 g/mol. The van der Waals surface area contributed by atoms with Gasteiger partial charge in [-0.2, -0.15) is 0 Å². The number of nitrogens with zero attached hydrogens (tertiary/aromatic N) is 4. The van der Waals surface area contributed by atoms with Gasteiger partial charge in [-0.05, 0) is 13.3 Å².